The molecule has 2 amide bonds. The van der Waals surface area contributed by atoms with Gasteiger partial charge in [-0.05, 0) is 26.0 Å². The van der Waals surface area contributed by atoms with E-state index in [0.717, 1.165) is 26.2 Å². The van der Waals surface area contributed by atoms with E-state index in [0.29, 0.717) is 0 Å². The van der Waals surface area contributed by atoms with Crippen molar-refractivity contribution < 1.29 is 19.7 Å². The number of aliphatic hydroxyl groups excluding tert-OH is 2. The summed E-state index contributed by atoms with van der Waals surface area (Å²) in [4.78, 5) is 16.5. The van der Waals surface area contributed by atoms with Crippen molar-refractivity contribution in [1.29, 1.82) is 0 Å². The summed E-state index contributed by atoms with van der Waals surface area (Å²) in [7, 11) is 0. The maximum absolute atomic E-state index is 11.9. The molecule has 10 heteroatoms. The van der Waals surface area contributed by atoms with Gasteiger partial charge in [0, 0.05) is 44.5 Å². The predicted molar refractivity (Wildman–Crippen MR) is 122 cm³/mol. The molecule has 2 heterocycles. The lowest BCUT2D eigenvalue weighted by molar-refractivity contribution is -0.0206. The Bertz CT molecular complexity index is 632. The zero-order chi connectivity index (χ0) is 20.1. The van der Waals surface area contributed by atoms with E-state index in [2.05, 4.69) is 32.6 Å². The van der Waals surface area contributed by atoms with Gasteiger partial charge >= 0.3 is 6.03 Å². The monoisotopic (exact) mass is 464 g/mol. The quantitative estimate of drug-likeness (QED) is 0.498. The first-order chi connectivity index (χ1) is 13.5. The number of benzene rings is 1. The lowest BCUT2D eigenvalue weighted by atomic mass is 10.0. The minimum Gasteiger partial charge on any atom is -0.394 e. The summed E-state index contributed by atoms with van der Waals surface area (Å²) in [6.07, 6.45) is -1.78. The molecule has 0 aromatic heterocycles. The number of para-hydroxylation sites is 1. The largest absolute Gasteiger partial charge is 0.394 e. The molecule has 3 rings (SSSR count). The van der Waals surface area contributed by atoms with Gasteiger partial charge in [-0.15, -0.1) is 24.8 Å². The molecule has 0 aliphatic carbocycles. The van der Waals surface area contributed by atoms with Gasteiger partial charge in [0.2, 0.25) is 0 Å². The summed E-state index contributed by atoms with van der Waals surface area (Å²) >= 11 is 0. The van der Waals surface area contributed by atoms with Gasteiger partial charge < -0.3 is 30.5 Å². The number of carbonyl (C=O) groups is 1. The van der Waals surface area contributed by atoms with Crippen molar-refractivity contribution in [2.45, 2.75) is 44.2 Å². The van der Waals surface area contributed by atoms with Gasteiger partial charge in [-0.2, -0.15) is 0 Å². The minimum absolute atomic E-state index is 0. The number of aliphatic hydroxyl groups is 2. The van der Waals surface area contributed by atoms with Gasteiger partial charge in [0.25, 0.3) is 0 Å². The van der Waals surface area contributed by atoms with Crippen LogP contribution in [0.15, 0.2) is 30.3 Å². The highest BCUT2D eigenvalue weighted by atomic mass is 35.5. The molecule has 0 spiro atoms. The first-order valence-electron chi connectivity index (χ1n) is 10.0. The molecular weight excluding hydrogens is 431 g/mol. The van der Waals surface area contributed by atoms with Crippen LogP contribution < -0.4 is 15.5 Å². The summed E-state index contributed by atoms with van der Waals surface area (Å²) in [5.41, 5.74) is 1.20. The molecule has 30 heavy (non-hydrogen) atoms. The Kier molecular flexibility index (Phi) is 11.2. The molecule has 0 radical (unpaired) electrons. The second-order valence-corrected chi connectivity index (χ2v) is 7.74. The van der Waals surface area contributed by atoms with E-state index in [-0.39, 0.29) is 62.2 Å². The number of carbonyl (C=O) groups excluding carboxylic acids is 1. The maximum Gasteiger partial charge on any atom is 0.315 e. The van der Waals surface area contributed by atoms with Crippen molar-refractivity contribution in [1.82, 2.24) is 15.5 Å². The number of nitrogens with zero attached hydrogens (tertiary/aromatic N) is 2. The van der Waals surface area contributed by atoms with E-state index in [9.17, 15) is 15.0 Å². The van der Waals surface area contributed by atoms with Crippen LogP contribution in [-0.2, 0) is 4.74 Å². The number of hydrogen-bond donors (Lipinski definition) is 4. The molecule has 172 valence electrons. The molecule has 2 aliphatic rings. The van der Waals surface area contributed by atoms with Crippen LogP contribution in [0.4, 0.5) is 10.5 Å². The molecule has 0 bridgehead atoms. The summed E-state index contributed by atoms with van der Waals surface area (Å²) in [5, 5.41) is 25.8. The molecule has 0 unspecified atom stereocenters. The van der Waals surface area contributed by atoms with Crippen LogP contribution in [0.1, 0.15) is 13.8 Å². The number of piperazine rings is 1. The molecule has 2 saturated heterocycles. The normalized spacial score (nSPS) is 26.6. The Hall–Kier alpha value is -1.29. The van der Waals surface area contributed by atoms with Gasteiger partial charge in [0.1, 0.15) is 12.2 Å². The average molecular weight is 465 g/mol. The smallest absolute Gasteiger partial charge is 0.315 e. The summed E-state index contributed by atoms with van der Waals surface area (Å²) in [6.45, 7) is 7.11. The highest BCUT2D eigenvalue weighted by Crippen LogP contribution is 2.27. The molecule has 8 nitrogen and oxygen atoms in total. The number of urea groups is 1. The number of anilines is 1. The SMILES string of the molecule is CC(C)NC(=O)NC[C@H]1O[C@@H](CO)[C@@H](O)[C@H]1N1CCN(c2ccccc2)CC1.Cl.Cl. The first kappa shape index (κ1) is 26.7. The van der Waals surface area contributed by atoms with Crippen molar-refractivity contribution >= 4 is 36.5 Å². The fourth-order valence-corrected chi connectivity index (χ4v) is 4.02. The number of rotatable bonds is 6. The summed E-state index contributed by atoms with van der Waals surface area (Å²) in [5.74, 6) is 0. The maximum atomic E-state index is 11.9. The van der Waals surface area contributed by atoms with E-state index < -0.39 is 12.2 Å². The third-order valence-corrected chi connectivity index (χ3v) is 5.38. The number of nitrogens with one attached hydrogen (secondary N) is 2. The van der Waals surface area contributed by atoms with Gasteiger partial charge in [-0.25, -0.2) is 4.79 Å². The van der Waals surface area contributed by atoms with E-state index in [1.54, 1.807) is 0 Å². The Morgan fingerprint density at radius 1 is 1.13 bits per heavy atom. The third-order valence-electron chi connectivity index (χ3n) is 5.38. The van der Waals surface area contributed by atoms with Gasteiger partial charge in [0.05, 0.1) is 18.8 Å². The molecule has 2 aliphatic heterocycles. The predicted octanol–water partition coefficient (Wildman–Crippen LogP) is 0.849. The standard InChI is InChI=1S/C20H32N4O4.2ClH/c1-14(2)22-20(27)21-12-16-18(19(26)17(13-25)28-16)24-10-8-23(9-11-24)15-6-4-3-5-7-15;;/h3-7,14,16-19,25-26H,8-13H2,1-2H3,(H2,21,22,27);2*1H/t16-,17+,18+,19-;;/m1../s1. The van der Waals surface area contributed by atoms with Crippen molar-refractivity contribution in [3.63, 3.8) is 0 Å². The zero-order valence-electron chi connectivity index (χ0n) is 17.4. The Labute approximate surface area is 190 Å². The van der Waals surface area contributed by atoms with Crippen LogP contribution in [0.2, 0.25) is 0 Å². The lowest BCUT2D eigenvalue weighted by Gasteiger charge is -2.41. The van der Waals surface area contributed by atoms with E-state index in [1.807, 2.05) is 32.0 Å². The van der Waals surface area contributed by atoms with E-state index in [1.165, 1.54) is 5.69 Å². The van der Waals surface area contributed by atoms with Crippen LogP contribution in [-0.4, -0.2) is 90.9 Å². The number of halogens is 2. The number of hydrogen-bond acceptors (Lipinski definition) is 6. The van der Waals surface area contributed by atoms with Crippen LogP contribution in [0, 0.1) is 0 Å². The van der Waals surface area contributed by atoms with Crippen LogP contribution in [0.5, 0.6) is 0 Å². The molecular formula is C20H34Cl2N4O4. The van der Waals surface area contributed by atoms with Crippen LogP contribution in [0.25, 0.3) is 0 Å². The number of amides is 2. The molecule has 4 atom stereocenters. The molecule has 2 fully saturated rings. The first-order valence-corrected chi connectivity index (χ1v) is 10.0. The van der Waals surface area contributed by atoms with E-state index in [4.69, 9.17) is 4.74 Å². The van der Waals surface area contributed by atoms with Crippen LogP contribution >= 0.6 is 24.8 Å². The van der Waals surface area contributed by atoms with Crippen molar-refractivity contribution in [2.24, 2.45) is 0 Å². The fourth-order valence-electron chi connectivity index (χ4n) is 4.02. The zero-order valence-corrected chi connectivity index (χ0v) is 19.1. The van der Waals surface area contributed by atoms with Gasteiger partial charge in [0.15, 0.2) is 0 Å². The Morgan fingerprint density at radius 2 is 1.77 bits per heavy atom. The van der Waals surface area contributed by atoms with Gasteiger partial charge in [-0.1, -0.05) is 18.2 Å². The lowest BCUT2D eigenvalue weighted by Crippen LogP contribution is -2.58. The van der Waals surface area contributed by atoms with Gasteiger partial charge in [-0.3, -0.25) is 4.90 Å². The molecule has 4 N–H and O–H groups in total. The molecule has 1 aromatic carbocycles. The summed E-state index contributed by atoms with van der Waals surface area (Å²) in [6, 6.07) is 9.81. The van der Waals surface area contributed by atoms with Crippen LogP contribution in [0.3, 0.4) is 0 Å². The van der Waals surface area contributed by atoms with E-state index >= 15 is 0 Å². The Morgan fingerprint density at radius 3 is 2.33 bits per heavy atom. The van der Waals surface area contributed by atoms with Crippen molar-refractivity contribution in [2.75, 3.05) is 44.2 Å². The molecule has 0 saturated carbocycles. The highest BCUT2D eigenvalue weighted by molar-refractivity contribution is 5.85. The Balaban J connectivity index is 0.00000225. The summed E-state index contributed by atoms with van der Waals surface area (Å²) < 4.78 is 5.86. The third kappa shape index (κ3) is 6.60. The second-order valence-electron chi connectivity index (χ2n) is 7.74. The molecule has 1 aromatic rings. The number of ether oxygens (including phenoxy) is 1. The highest BCUT2D eigenvalue weighted by Gasteiger charge is 2.46. The van der Waals surface area contributed by atoms with Crippen molar-refractivity contribution in [3.05, 3.63) is 30.3 Å². The fraction of sp³-hybridized carbons (Fsp3) is 0.650. The second kappa shape index (κ2) is 12.5. The van der Waals surface area contributed by atoms with Crippen molar-refractivity contribution in [3.8, 4) is 0 Å². The minimum atomic E-state index is -0.784. The average Bonchev–Trinajstić information content (AvgIpc) is 3.02. The topological polar surface area (TPSA) is 97.3 Å².